The molecular formula is C50H56N6O5S2. The second kappa shape index (κ2) is 16.8. The number of anilines is 1. The van der Waals surface area contributed by atoms with Gasteiger partial charge in [-0.3, -0.25) is 14.4 Å². The first kappa shape index (κ1) is 41.2. The summed E-state index contributed by atoms with van der Waals surface area (Å²) in [6.07, 6.45) is 17.1. The van der Waals surface area contributed by atoms with Crippen LogP contribution in [-0.2, 0) is 0 Å². The molecule has 1 spiro atoms. The van der Waals surface area contributed by atoms with Crippen molar-refractivity contribution in [2.24, 2.45) is 16.5 Å². The number of amides is 1. The Morgan fingerprint density at radius 2 is 1.79 bits per heavy atom. The van der Waals surface area contributed by atoms with E-state index in [9.17, 15) is 14.8 Å². The van der Waals surface area contributed by atoms with Crippen LogP contribution in [0.1, 0.15) is 117 Å². The highest BCUT2D eigenvalue weighted by Gasteiger charge is 2.50. The van der Waals surface area contributed by atoms with E-state index in [1.165, 1.54) is 45.1 Å². The summed E-state index contributed by atoms with van der Waals surface area (Å²) < 4.78 is 15.8. The zero-order valence-electron chi connectivity index (χ0n) is 35.9. The van der Waals surface area contributed by atoms with Crippen LogP contribution in [0.4, 0.5) is 11.4 Å². The molecule has 3 N–H and O–H groups in total. The van der Waals surface area contributed by atoms with Crippen LogP contribution < -0.4 is 19.1 Å². The predicted octanol–water partition coefficient (Wildman–Crippen LogP) is 11.4. The Morgan fingerprint density at radius 3 is 2.59 bits per heavy atom. The highest BCUT2D eigenvalue weighted by Crippen LogP contribution is 2.55. The minimum absolute atomic E-state index is 0.187. The lowest BCUT2D eigenvalue weighted by atomic mass is 9.59. The number of ether oxygens (including phenoxy) is 2. The summed E-state index contributed by atoms with van der Waals surface area (Å²) in [6, 6.07) is 23.9. The van der Waals surface area contributed by atoms with E-state index in [1.54, 1.807) is 35.2 Å². The fourth-order valence-corrected chi connectivity index (χ4v) is 13.4. The highest BCUT2D eigenvalue weighted by atomic mass is 32.2. The first-order valence-electron chi connectivity index (χ1n) is 23.0. The average molecular weight is 885 g/mol. The molecule has 5 heterocycles. The van der Waals surface area contributed by atoms with Gasteiger partial charge in [-0.15, -0.1) is 16.7 Å². The number of aromatic amines is 1. The zero-order valence-corrected chi connectivity index (χ0v) is 37.5. The molecule has 3 saturated carbocycles. The number of fused-ring (bicyclic) bond motifs is 2. The number of nitroso groups, excluding NO2 is 1. The number of hydrogen-bond acceptors (Lipinski definition) is 11. The number of thioether (sulfide) groups is 1. The number of benzene rings is 3. The molecule has 3 aromatic carbocycles. The molecule has 5 aromatic rings. The van der Waals surface area contributed by atoms with E-state index in [0.29, 0.717) is 63.4 Å². The summed E-state index contributed by atoms with van der Waals surface area (Å²) in [4.78, 5) is 40.5. The number of aliphatic hydroxyl groups is 1. The molecule has 328 valence electrons. The third-order valence-corrected chi connectivity index (χ3v) is 17.4. The van der Waals surface area contributed by atoms with E-state index in [-0.39, 0.29) is 11.2 Å². The van der Waals surface area contributed by atoms with Crippen LogP contribution in [0.15, 0.2) is 94.1 Å². The minimum atomic E-state index is -0.609. The number of hydrogen-bond donors (Lipinski definition) is 3. The van der Waals surface area contributed by atoms with Crippen molar-refractivity contribution in [3.05, 3.63) is 101 Å². The molecule has 11 rings (SSSR count). The summed E-state index contributed by atoms with van der Waals surface area (Å²) in [7, 11) is 0. The molecule has 0 bridgehead atoms. The fraction of sp³-hybridized carbons (Fsp3) is 0.480. The van der Waals surface area contributed by atoms with E-state index in [0.717, 1.165) is 91.1 Å². The topological polar surface area (TPSA) is 132 Å². The highest BCUT2D eigenvalue weighted by molar-refractivity contribution is 8.00. The van der Waals surface area contributed by atoms with Crippen molar-refractivity contribution >= 4 is 52.0 Å². The number of nitrogens with one attached hydrogen (secondary N) is 2. The molecule has 3 aliphatic heterocycles. The quantitative estimate of drug-likeness (QED) is 0.0870. The minimum Gasteiger partial charge on any atom is -0.491 e. The standard InChI is InChI=1S/C50H56N6O5S2/c1-49(58)15-12-32(13-16-49)45-30-60-44-26-37(25-41(53-59)46(44)62-45)63-54-48(57)40-11-10-34(24-43(40)61-36-23-33-14-19-51-47(33)52-29-36)55-21-17-50(18-22-55)27-35(28-50)56-20-4-7-42(56)39-6-3-2-5-38(39)31-8-9-31/h2-3,5-6,10-11,14,19,23-26,29,31-32,35,42,45,58H,4,7-9,12-13,15-18,20-22,27-28,30H2,1H3,(H,51,52)(H,54,57)/t32-,42-,45-,49-/m1/s1. The second-order valence-electron chi connectivity index (χ2n) is 19.4. The average Bonchev–Trinajstić information content (AvgIpc) is 3.84. The maximum absolute atomic E-state index is 14.0. The largest absolute Gasteiger partial charge is 0.491 e. The number of nitrogens with zero attached hydrogens (tertiary/aromatic N) is 4. The van der Waals surface area contributed by atoms with Crippen LogP contribution in [0.2, 0.25) is 0 Å². The van der Waals surface area contributed by atoms with E-state index in [4.69, 9.17) is 9.47 Å². The Kier molecular flexibility index (Phi) is 11.0. The maximum atomic E-state index is 14.0. The van der Waals surface area contributed by atoms with Gasteiger partial charge < -0.3 is 24.5 Å². The number of carbonyl (C=O) groups excluding carboxylic acids is 1. The van der Waals surface area contributed by atoms with E-state index >= 15 is 0 Å². The molecule has 0 unspecified atom stereocenters. The van der Waals surface area contributed by atoms with Gasteiger partial charge in [0.15, 0.2) is 0 Å². The normalized spacial score (nSPS) is 25.9. The van der Waals surface area contributed by atoms with Gasteiger partial charge in [-0.2, -0.15) is 0 Å². The molecule has 13 heteroatoms. The Morgan fingerprint density at radius 1 is 0.984 bits per heavy atom. The van der Waals surface area contributed by atoms with Gasteiger partial charge in [-0.25, -0.2) is 4.98 Å². The summed E-state index contributed by atoms with van der Waals surface area (Å²) in [5.74, 6) is 2.45. The number of carbonyl (C=O) groups is 1. The molecule has 3 aliphatic carbocycles. The van der Waals surface area contributed by atoms with Crippen molar-refractivity contribution in [2.45, 2.75) is 123 Å². The molecule has 2 atom stereocenters. The number of pyridine rings is 1. The van der Waals surface area contributed by atoms with Crippen molar-refractivity contribution in [1.82, 2.24) is 19.6 Å². The van der Waals surface area contributed by atoms with Gasteiger partial charge in [-0.05, 0) is 172 Å². The van der Waals surface area contributed by atoms with Gasteiger partial charge in [0, 0.05) is 58.7 Å². The summed E-state index contributed by atoms with van der Waals surface area (Å²) >= 11 is 2.77. The lowest BCUT2D eigenvalue weighted by Crippen LogP contribution is -2.54. The van der Waals surface area contributed by atoms with Crippen LogP contribution >= 0.6 is 23.7 Å². The van der Waals surface area contributed by atoms with Gasteiger partial charge in [0.2, 0.25) is 0 Å². The Bertz CT molecular complexity index is 2520. The fourth-order valence-electron chi connectivity index (χ4n) is 11.3. The molecule has 2 aromatic heterocycles. The third kappa shape index (κ3) is 8.35. The Labute approximate surface area is 377 Å². The first-order chi connectivity index (χ1) is 30.7. The SMILES string of the molecule is C[C@]1(O)CC[C@H]([C@H]2COc3cc(SNC(=O)c4ccc(N5CCC6(CC5)CC(N5CCC[C@@H]5c5ccccc5C5CC5)C6)cc4Oc4cnc5[nH]ccc5c4)cc(N=O)c3S2)CC1. The smallest absolute Gasteiger partial charge is 0.265 e. The van der Waals surface area contributed by atoms with Crippen LogP contribution in [0, 0.1) is 16.2 Å². The molecule has 5 fully saturated rings. The third-order valence-electron chi connectivity index (χ3n) is 15.1. The van der Waals surface area contributed by atoms with Crippen LogP contribution in [0.25, 0.3) is 11.0 Å². The number of likely N-dealkylation sites (tertiary alicyclic amines) is 1. The van der Waals surface area contributed by atoms with Crippen LogP contribution in [-0.4, -0.2) is 69.0 Å². The predicted molar refractivity (Wildman–Crippen MR) is 250 cm³/mol. The van der Waals surface area contributed by atoms with Gasteiger partial charge in [0.1, 0.15) is 35.2 Å². The molecule has 63 heavy (non-hydrogen) atoms. The number of piperidine rings is 1. The monoisotopic (exact) mass is 884 g/mol. The van der Waals surface area contributed by atoms with Crippen molar-refractivity contribution in [1.29, 1.82) is 0 Å². The Balaban J connectivity index is 0.767. The molecule has 2 saturated heterocycles. The number of rotatable bonds is 11. The van der Waals surface area contributed by atoms with Gasteiger partial charge in [0.05, 0.1) is 22.3 Å². The van der Waals surface area contributed by atoms with Crippen LogP contribution in [0.3, 0.4) is 0 Å². The van der Waals surface area contributed by atoms with Gasteiger partial charge in [0.25, 0.3) is 5.91 Å². The Hall–Kier alpha value is -4.56. The van der Waals surface area contributed by atoms with Gasteiger partial charge in [-0.1, -0.05) is 24.3 Å². The number of H-pyrrole nitrogens is 1. The molecule has 11 nitrogen and oxygen atoms in total. The van der Waals surface area contributed by atoms with Crippen molar-refractivity contribution in [3.8, 4) is 17.2 Å². The first-order valence-corrected chi connectivity index (χ1v) is 24.7. The van der Waals surface area contributed by atoms with Crippen molar-refractivity contribution < 1.29 is 19.4 Å². The van der Waals surface area contributed by atoms with Crippen molar-refractivity contribution in [2.75, 3.05) is 31.1 Å². The lowest BCUT2D eigenvalue weighted by Gasteiger charge is -2.56. The molecule has 6 aliphatic rings. The molecule has 1 amide bonds. The van der Waals surface area contributed by atoms with E-state index in [2.05, 4.69) is 53.9 Å². The van der Waals surface area contributed by atoms with Crippen molar-refractivity contribution in [3.63, 3.8) is 0 Å². The zero-order chi connectivity index (χ0) is 42.7. The summed E-state index contributed by atoms with van der Waals surface area (Å²) in [5.41, 5.74) is 5.51. The summed E-state index contributed by atoms with van der Waals surface area (Å²) in [6.45, 7) is 5.58. The number of aromatic nitrogens is 2. The second-order valence-corrected chi connectivity index (χ2v) is 21.5. The maximum Gasteiger partial charge on any atom is 0.265 e. The van der Waals surface area contributed by atoms with E-state index < -0.39 is 5.60 Å². The van der Waals surface area contributed by atoms with Crippen LogP contribution in [0.5, 0.6) is 17.2 Å². The summed E-state index contributed by atoms with van der Waals surface area (Å²) in [5, 5.41) is 14.9. The van der Waals surface area contributed by atoms with E-state index in [1.807, 2.05) is 49.5 Å². The molecular weight excluding hydrogens is 829 g/mol. The molecule has 0 radical (unpaired) electrons. The lowest BCUT2D eigenvalue weighted by molar-refractivity contribution is -0.0227. The van der Waals surface area contributed by atoms with Gasteiger partial charge >= 0.3 is 0 Å².